The van der Waals surface area contributed by atoms with Crippen LogP contribution in [0.4, 0.5) is 10.1 Å². The third-order valence-corrected chi connectivity index (χ3v) is 3.08. The van der Waals surface area contributed by atoms with E-state index in [1.165, 1.54) is 6.07 Å². The molecule has 0 fully saturated rings. The Bertz CT molecular complexity index is 328. The molecule has 1 rings (SSSR count). The molecule has 0 spiro atoms. The molecule has 1 aromatic carbocycles. The molecule has 2 nitrogen and oxygen atoms in total. The van der Waals surface area contributed by atoms with Crippen LogP contribution in [0, 0.1) is 11.7 Å². The summed E-state index contributed by atoms with van der Waals surface area (Å²) in [6, 6.07) is 6.94. The van der Waals surface area contributed by atoms with Crippen molar-refractivity contribution in [2.24, 2.45) is 11.7 Å². The number of para-hydroxylation sites is 1. The summed E-state index contributed by atoms with van der Waals surface area (Å²) in [5.74, 6) is 0.293. The second kappa shape index (κ2) is 7.28. The standard InChI is InChI=1S/C14H23FN2/c1-3-7-12(10-16)11-17(4-2)14-9-6-5-8-13(14)15/h5-6,8-9,12H,3-4,7,10-11,16H2,1-2H3. The van der Waals surface area contributed by atoms with Crippen LogP contribution in [0.25, 0.3) is 0 Å². The van der Waals surface area contributed by atoms with Gasteiger partial charge in [-0.1, -0.05) is 25.5 Å². The molecular formula is C14H23FN2. The minimum absolute atomic E-state index is 0.151. The highest BCUT2D eigenvalue weighted by atomic mass is 19.1. The zero-order valence-corrected chi connectivity index (χ0v) is 10.8. The zero-order valence-electron chi connectivity index (χ0n) is 10.8. The average Bonchev–Trinajstić information content (AvgIpc) is 2.35. The summed E-state index contributed by atoms with van der Waals surface area (Å²) in [4.78, 5) is 2.07. The molecule has 0 amide bonds. The SMILES string of the molecule is CCCC(CN)CN(CC)c1ccccc1F. The maximum Gasteiger partial charge on any atom is 0.146 e. The molecule has 0 heterocycles. The van der Waals surface area contributed by atoms with Crippen molar-refractivity contribution < 1.29 is 4.39 Å². The molecule has 0 aliphatic carbocycles. The molecule has 1 unspecified atom stereocenters. The van der Waals surface area contributed by atoms with Crippen molar-refractivity contribution in [3.63, 3.8) is 0 Å². The molecule has 0 saturated carbocycles. The van der Waals surface area contributed by atoms with Crippen LogP contribution < -0.4 is 10.6 Å². The minimum atomic E-state index is -0.151. The van der Waals surface area contributed by atoms with Crippen LogP contribution in [0.3, 0.4) is 0 Å². The van der Waals surface area contributed by atoms with Crippen LogP contribution in [-0.2, 0) is 0 Å². The number of nitrogens with two attached hydrogens (primary N) is 1. The maximum absolute atomic E-state index is 13.7. The summed E-state index contributed by atoms with van der Waals surface area (Å²) in [7, 11) is 0. The van der Waals surface area contributed by atoms with E-state index in [1.54, 1.807) is 6.07 Å². The van der Waals surface area contributed by atoms with E-state index in [0.717, 1.165) is 25.9 Å². The second-order valence-electron chi connectivity index (χ2n) is 4.38. The van der Waals surface area contributed by atoms with Crippen molar-refractivity contribution in [3.05, 3.63) is 30.1 Å². The number of rotatable bonds is 7. The lowest BCUT2D eigenvalue weighted by Crippen LogP contribution is -2.33. The predicted molar refractivity (Wildman–Crippen MR) is 71.7 cm³/mol. The van der Waals surface area contributed by atoms with Gasteiger partial charge >= 0.3 is 0 Å². The van der Waals surface area contributed by atoms with Gasteiger partial charge in [0.15, 0.2) is 0 Å². The quantitative estimate of drug-likeness (QED) is 0.791. The van der Waals surface area contributed by atoms with Crippen LogP contribution in [0.5, 0.6) is 0 Å². The number of nitrogens with zero attached hydrogens (tertiary/aromatic N) is 1. The van der Waals surface area contributed by atoms with Crippen LogP contribution in [0.2, 0.25) is 0 Å². The lowest BCUT2D eigenvalue weighted by molar-refractivity contribution is 0.480. The van der Waals surface area contributed by atoms with Crippen molar-refractivity contribution >= 4 is 5.69 Å². The molecule has 3 heteroatoms. The van der Waals surface area contributed by atoms with E-state index in [-0.39, 0.29) is 5.82 Å². The topological polar surface area (TPSA) is 29.3 Å². The third kappa shape index (κ3) is 4.00. The van der Waals surface area contributed by atoms with E-state index in [9.17, 15) is 4.39 Å². The number of hydrogen-bond acceptors (Lipinski definition) is 2. The van der Waals surface area contributed by atoms with E-state index in [2.05, 4.69) is 11.8 Å². The molecule has 0 bridgehead atoms. The highest BCUT2D eigenvalue weighted by molar-refractivity contribution is 5.47. The smallest absolute Gasteiger partial charge is 0.146 e. The Balaban J connectivity index is 2.74. The first-order valence-corrected chi connectivity index (χ1v) is 6.42. The first-order valence-electron chi connectivity index (χ1n) is 6.42. The fraction of sp³-hybridized carbons (Fsp3) is 0.571. The van der Waals surface area contributed by atoms with E-state index in [0.29, 0.717) is 18.2 Å². The van der Waals surface area contributed by atoms with Crippen LogP contribution in [-0.4, -0.2) is 19.6 Å². The molecule has 0 radical (unpaired) electrons. The Morgan fingerprint density at radius 2 is 2.00 bits per heavy atom. The van der Waals surface area contributed by atoms with Gasteiger partial charge in [0.1, 0.15) is 5.82 Å². The number of anilines is 1. The monoisotopic (exact) mass is 238 g/mol. The van der Waals surface area contributed by atoms with E-state index in [4.69, 9.17) is 5.73 Å². The summed E-state index contributed by atoms with van der Waals surface area (Å²) >= 11 is 0. The first-order chi connectivity index (χ1) is 8.22. The Kier molecular flexibility index (Phi) is 5.98. The maximum atomic E-state index is 13.7. The van der Waals surface area contributed by atoms with Gasteiger partial charge in [0.05, 0.1) is 5.69 Å². The summed E-state index contributed by atoms with van der Waals surface area (Å²) in [5.41, 5.74) is 6.44. The Labute approximate surface area is 104 Å². The van der Waals surface area contributed by atoms with Crippen LogP contribution in [0.1, 0.15) is 26.7 Å². The van der Waals surface area contributed by atoms with Crippen molar-refractivity contribution in [3.8, 4) is 0 Å². The highest BCUT2D eigenvalue weighted by Gasteiger charge is 2.14. The molecule has 0 saturated heterocycles. The molecule has 0 aliphatic rings. The first kappa shape index (κ1) is 14.0. The number of hydrogen-bond donors (Lipinski definition) is 1. The van der Waals surface area contributed by atoms with Gasteiger partial charge in [-0.25, -0.2) is 4.39 Å². The molecule has 0 aliphatic heterocycles. The third-order valence-electron chi connectivity index (χ3n) is 3.08. The molecular weight excluding hydrogens is 215 g/mol. The molecule has 17 heavy (non-hydrogen) atoms. The van der Waals surface area contributed by atoms with Crippen molar-refractivity contribution in [2.45, 2.75) is 26.7 Å². The van der Waals surface area contributed by atoms with Crippen molar-refractivity contribution in [1.82, 2.24) is 0 Å². The van der Waals surface area contributed by atoms with Gasteiger partial charge in [0, 0.05) is 13.1 Å². The number of benzene rings is 1. The van der Waals surface area contributed by atoms with Gasteiger partial charge < -0.3 is 10.6 Å². The van der Waals surface area contributed by atoms with Gasteiger partial charge in [-0.2, -0.15) is 0 Å². The molecule has 1 atom stereocenters. The van der Waals surface area contributed by atoms with Gasteiger partial charge in [-0.3, -0.25) is 0 Å². The fourth-order valence-corrected chi connectivity index (χ4v) is 2.11. The fourth-order valence-electron chi connectivity index (χ4n) is 2.11. The molecule has 2 N–H and O–H groups in total. The minimum Gasteiger partial charge on any atom is -0.369 e. The average molecular weight is 238 g/mol. The largest absolute Gasteiger partial charge is 0.369 e. The molecule has 1 aromatic rings. The van der Waals surface area contributed by atoms with Gasteiger partial charge in [0.2, 0.25) is 0 Å². The Morgan fingerprint density at radius 3 is 2.53 bits per heavy atom. The van der Waals surface area contributed by atoms with Gasteiger partial charge in [0.25, 0.3) is 0 Å². The second-order valence-corrected chi connectivity index (χ2v) is 4.38. The van der Waals surface area contributed by atoms with Crippen molar-refractivity contribution in [2.75, 3.05) is 24.5 Å². The van der Waals surface area contributed by atoms with Crippen LogP contribution >= 0.6 is 0 Å². The van der Waals surface area contributed by atoms with Crippen molar-refractivity contribution in [1.29, 1.82) is 0 Å². The van der Waals surface area contributed by atoms with Gasteiger partial charge in [-0.05, 0) is 37.9 Å². The van der Waals surface area contributed by atoms with E-state index in [1.807, 2.05) is 19.1 Å². The van der Waals surface area contributed by atoms with Gasteiger partial charge in [-0.15, -0.1) is 0 Å². The van der Waals surface area contributed by atoms with Crippen LogP contribution in [0.15, 0.2) is 24.3 Å². The Hall–Kier alpha value is -1.09. The summed E-state index contributed by atoms with van der Waals surface area (Å²) < 4.78 is 13.7. The normalized spacial score (nSPS) is 12.5. The zero-order chi connectivity index (χ0) is 12.7. The predicted octanol–water partition coefficient (Wildman–Crippen LogP) is 3.03. The highest BCUT2D eigenvalue weighted by Crippen LogP contribution is 2.20. The van der Waals surface area contributed by atoms with E-state index >= 15 is 0 Å². The molecule has 0 aromatic heterocycles. The summed E-state index contributed by atoms with van der Waals surface area (Å²) in [6.45, 7) is 6.51. The summed E-state index contributed by atoms with van der Waals surface area (Å²) in [6.07, 6.45) is 2.22. The summed E-state index contributed by atoms with van der Waals surface area (Å²) in [5, 5.41) is 0. The lowest BCUT2D eigenvalue weighted by atomic mass is 10.0. The lowest BCUT2D eigenvalue weighted by Gasteiger charge is -2.28. The molecule has 96 valence electrons. The number of halogens is 1. The Morgan fingerprint density at radius 1 is 1.29 bits per heavy atom. The van der Waals surface area contributed by atoms with E-state index < -0.39 is 0 Å².